The molecule has 0 bridgehead atoms. The Balaban J connectivity index is 1.55. The monoisotopic (exact) mass is 422 g/mol. The smallest absolute Gasteiger partial charge is 0.318 e. The van der Waals surface area contributed by atoms with Crippen LogP contribution in [0, 0.1) is 5.92 Å². The van der Waals surface area contributed by atoms with E-state index in [1.165, 1.54) is 0 Å². The molecule has 1 aromatic carbocycles. The first-order chi connectivity index (χ1) is 12.6. The maximum absolute atomic E-state index is 12.7. The molecule has 3 amide bonds. The van der Waals surface area contributed by atoms with Crippen molar-refractivity contribution in [2.75, 3.05) is 13.1 Å². The van der Waals surface area contributed by atoms with E-state index in [1.54, 1.807) is 4.90 Å². The zero-order valence-electron chi connectivity index (χ0n) is 14.9. The molecule has 2 aliphatic rings. The Labute approximate surface area is 163 Å². The number of nitrogens with zero attached hydrogens (tertiary/aromatic N) is 1. The van der Waals surface area contributed by atoms with E-state index >= 15 is 0 Å². The second-order valence-corrected chi connectivity index (χ2v) is 8.10. The van der Waals surface area contributed by atoms with E-state index in [2.05, 4.69) is 26.6 Å². The van der Waals surface area contributed by atoms with Crippen LogP contribution in [-0.4, -0.2) is 42.0 Å². The number of hydrogen-bond acceptors (Lipinski definition) is 3. The van der Waals surface area contributed by atoms with Crippen molar-refractivity contribution in [1.82, 2.24) is 15.5 Å². The lowest BCUT2D eigenvalue weighted by atomic mass is 10.0. The molecule has 1 aromatic rings. The molecule has 1 aliphatic heterocycles. The predicted molar refractivity (Wildman–Crippen MR) is 104 cm³/mol. The number of halogens is 1. The van der Waals surface area contributed by atoms with E-state index in [1.807, 2.05) is 24.3 Å². The number of hydrogen-bond donors (Lipinski definition) is 3. The van der Waals surface area contributed by atoms with Crippen LogP contribution in [0.15, 0.2) is 28.7 Å². The zero-order chi connectivity index (χ0) is 18.5. The number of nitrogens with one attached hydrogen (secondary N) is 2. The number of carbonyl (C=O) groups excluding carboxylic acids is 2. The van der Waals surface area contributed by atoms with Crippen LogP contribution in [0.2, 0.25) is 0 Å². The Bertz CT molecular complexity index is 654. The summed E-state index contributed by atoms with van der Waals surface area (Å²) in [6.45, 7) is 1.67. The molecule has 4 N–H and O–H groups in total. The fourth-order valence-electron chi connectivity index (χ4n) is 4.00. The molecule has 1 saturated heterocycles. The van der Waals surface area contributed by atoms with Crippen LogP contribution < -0.4 is 16.4 Å². The van der Waals surface area contributed by atoms with Gasteiger partial charge in [-0.05, 0) is 55.8 Å². The Morgan fingerprint density at radius 3 is 2.85 bits per heavy atom. The van der Waals surface area contributed by atoms with Gasteiger partial charge in [0.05, 0.1) is 0 Å². The number of likely N-dealkylation sites (tertiary alicyclic amines) is 1. The van der Waals surface area contributed by atoms with Gasteiger partial charge in [0, 0.05) is 23.6 Å². The molecule has 3 atom stereocenters. The second kappa shape index (κ2) is 8.86. The number of rotatable bonds is 5. The summed E-state index contributed by atoms with van der Waals surface area (Å²) in [7, 11) is 0. The third kappa shape index (κ3) is 4.57. The van der Waals surface area contributed by atoms with E-state index in [9.17, 15) is 9.59 Å². The first kappa shape index (κ1) is 19.2. The van der Waals surface area contributed by atoms with Crippen molar-refractivity contribution in [3.05, 3.63) is 34.3 Å². The highest BCUT2D eigenvalue weighted by Crippen LogP contribution is 2.26. The highest BCUT2D eigenvalue weighted by Gasteiger charge is 2.36. The molecule has 2 fully saturated rings. The highest BCUT2D eigenvalue weighted by atomic mass is 79.9. The molecule has 1 heterocycles. The zero-order valence-corrected chi connectivity index (χ0v) is 16.5. The second-order valence-electron chi connectivity index (χ2n) is 7.18. The molecule has 0 radical (unpaired) electrons. The summed E-state index contributed by atoms with van der Waals surface area (Å²) < 4.78 is 0.980. The standard InChI is InChI=1S/C19H27BrN4O2/c20-15-6-1-4-13(10-15)12-22-19(26)24-9-3-8-17(24)18(25)23-16-7-2-5-14(16)11-21/h1,4,6,10,14,16-17H,2-3,5,7-9,11-12,21H2,(H,22,26)(H,23,25)/t14-,16-,17-/m0/s1. The molecule has 26 heavy (non-hydrogen) atoms. The summed E-state index contributed by atoms with van der Waals surface area (Å²) >= 11 is 3.43. The fraction of sp³-hybridized carbons (Fsp3) is 0.579. The minimum atomic E-state index is -0.378. The van der Waals surface area contributed by atoms with Crippen molar-refractivity contribution in [2.24, 2.45) is 11.7 Å². The third-order valence-corrected chi connectivity index (χ3v) is 5.93. The lowest BCUT2D eigenvalue weighted by Gasteiger charge is -2.27. The van der Waals surface area contributed by atoms with Crippen molar-refractivity contribution in [1.29, 1.82) is 0 Å². The number of benzene rings is 1. The van der Waals surface area contributed by atoms with Crippen LogP contribution in [0.4, 0.5) is 4.79 Å². The van der Waals surface area contributed by atoms with Gasteiger partial charge in [-0.25, -0.2) is 4.79 Å². The lowest BCUT2D eigenvalue weighted by molar-refractivity contribution is -0.125. The molecular weight excluding hydrogens is 396 g/mol. The molecular formula is C19H27BrN4O2. The molecule has 0 aromatic heterocycles. The molecule has 1 saturated carbocycles. The van der Waals surface area contributed by atoms with Crippen LogP contribution in [0.1, 0.15) is 37.7 Å². The Morgan fingerprint density at radius 1 is 1.23 bits per heavy atom. The average molecular weight is 423 g/mol. The predicted octanol–water partition coefficient (Wildman–Crippen LogP) is 2.37. The van der Waals surface area contributed by atoms with E-state index in [0.29, 0.717) is 25.6 Å². The van der Waals surface area contributed by atoms with Gasteiger partial charge in [-0.15, -0.1) is 0 Å². The SMILES string of the molecule is NC[C@@H]1CCC[C@@H]1NC(=O)[C@@H]1CCCN1C(=O)NCc1cccc(Br)c1. The van der Waals surface area contributed by atoms with Crippen LogP contribution in [0.3, 0.4) is 0 Å². The summed E-state index contributed by atoms with van der Waals surface area (Å²) in [5.74, 6) is 0.324. The van der Waals surface area contributed by atoms with Crippen molar-refractivity contribution >= 4 is 27.9 Å². The van der Waals surface area contributed by atoms with Crippen LogP contribution >= 0.6 is 15.9 Å². The Kier molecular flexibility index (Phi) is 6.53. The first-order valence-electron chi connectivity index (χ1n) is 9.38. The van der Waals surface area contributed by atoms with Gasteiger partial charge in [0.1, 0.15) is 6.04 Å². The molecule has 7 heteroatoms. The maximum atomic E-state index is 12.7. The van der Waals surface area contributed by atoms with E-state index in [0.717, 1.165) is 42.1 Å². The molecule has 1 aliphatic carbocycles. The minimum absolute atomic E-state index is 0.0366. The molecule has 0 unspecified atom stereocenters. The van der Waals surface area contributed by atoms with Gasteiger partial charge >= 0.3 is 6.03 Å². The van der Waals surface area contributed by atoms with Crippen LogP contribution in [0.25, 0.3) is 0 Å². The highest BCUT2D eigenvalue weighted by molar-refractivity contribution is 9.10. The molecule has 142 valence electrons. The van der Waals surface area contributed by atoms with E-state index < -0.39 is 0 Å². The number of carbonyl (C=O) groups is 2. The van der Waals surface area contributed by atoms with E-state index in [4.69, 9.17) is 5.73 Å². The number of urea groups is 1. The third-order valence-electron chi connectivity index (χ3n) is 5.44. The van der Waals surface area contributed by atoms with E-state index in [-0.39, 0.29) is 24.0 Å². The fourth-order valence-corrected chi connectivity index (χ4v) is 4.44. The van der Waals surface area contributed by atoms with Crippen molar-refractivity contribution in [3.63, 3.8) is 0 Å². The number of amides is 3. The summed E-state index contributed by atoms with van der Waals surface area (Å²) in [5, 5.41) is 6.07. The Morgan fingerprint density at radius 2 is 2.08 bits per heavy atom. The Hall–Kier alpha value is -1.60. The molecule has 0 spiro atoms. The van der Waals surface area contributed by atoms with Gasteiger partial charge in [-0.1, -0.05) is 34.5 Å². The van der Waals surface area contributed by atoms with Gasteiger partial charge in [-0.3, -0.25) is 4.79 Å². The average Bonchev–Trinajstić information content (AvgIpc) is 3.28. The van der Waals surface area contributed by atoms with Gasteiger partial charge < -0.3 is 21.3 Å². The summed E-state index contributed by atoms with van der Waals surface area (Å²) in [5.41, 5.74) is 6.82. The van der Waals surface area contributed by atoms with Crippen molar-refractivity contribution in [2.45, 2.75) is 50.7 Å². The van der Waals surface area contributed by atoms with Crippen molar-refractivity contribution in [3.8, 4) is 0 Å². The topological polar surface area (TPSA) is 87.5 Å². The van der Waals surface area contributed by atoms with Gasteiger partial charge in [0.15, 0.2) is 0 Å². The maximum Gasteiger partial charge on any atom is 0.318 e. The van der Waals surface area contributed by atoms with Gasteiger partial charge in [0.2, 0.25) is 5.91 Å². The molecule has 6 nitrogen and oxygen atoms in total. The summed E-state index contributed by atoms with van der Waals surface area (Å²) in [6, 6.07) is 7.42. The van der Waals surface area contributed by atoms with Gasteiger partial charge in [-0.2, -0.15) is 0 Å². The minimum Gasteiger partial charge on any atom is -0.351 e. The summed E-state index contributed by atoms with van der Waals surface area (Å²) in [4.78, 5) is 27.0. The van der Waals surface area contributed by atoms with Crippen molar-refractivity contribution < 1.29 is 9.59 Å². The quantitative estimate of drug-likeness (QED) is 0.680. The van der Waals surface area contributed by atoms with Gasteiger partial charge in [0.25, 0.3) is 0 Å². The normalized spacial score (nSPS) is 25.3. The van der Waals surface area contributed by atoms with Crippen LogP contribution in [0.5, 0.6) is 0 Å². The lowest BCUT2D eigenvalue weighted by Crippen LogP contribution is -2.52. The summed E-state index contributed by atoms with van der Waals surface area (Å²) in [6.07, 6.45) is 4.73. The number of nitrogens with two attached hydrogens (primary N) is 1. The van der Waals surface area contributed by atoms with Crippen LogP contribution in [-0.2, 0) is 11.3 Å². The largest absolute Gasteiger partial charge is 0.351 e. The molecule has 3 rings (SSSR count). The first-order valence-corrected chi connectivity index (χ1v) is 10.2.